The molecular formula is C6H12FNO. The molecule has 0 bridgehead atoms. The topological polar surface area (TPSA) is 23.5 Å². The molecule has 0 spiro atoms. The van der Waals surface area contributed by atoms with E-state index in [4.69, 9.17) is 5.11 Å². The number of aliphatic hydroxyl groups is 1. The number of alkyl halides is 1. The van der Waals surface area contributed by atoms with Crippen LogP contribution in [-0.4, -0.2) is 42.4 Å². The van der Waals surface area contributed by atoms with Crippen molar-refractivity contribution >= 4 is 0 Å². The first-order chi connectivity index (χ1) is 4.24. The Balaban J connectivity index is 2.38. The zero-order valence-corrected chi connectivity index (χ0v) is 5.55. The molecule has 3 heteroatoms. The number of halogens is 1. The number of nitrogens with zero attached hydrogens (tertiary/aromatic N) is 1. The van der Waals surface area contributed by atoms with Crippen LogP contribution in [0.3, 0.4) is 0 Å². The Bertz CT molecular complexity index is 99.1. The Morgan fingerprint density at radius 1 is 1.78 bits per heavy atom. The van der Waals surface area contributed by atoms with Gasteiger partial charge in [0.1, 0.15) is 6.17 Å². The van der Waals surface area contributed by atoms with E-state index in [2.05, 4.69) is 0 Å². The molecule has 1 aliphatic rings. The lowest BCUT2D eigenvalue weighted by Crippen LogP contribution is -2.27. The first-order valence-electron chi connectivity index (χ1n) is 3.19. The molecule has 9 heavy (non-hydrogen) atoms. The summed E-state index contributed by atoms with van der Waals surface area (Å²) in [6.07, 6.45) is -0.236. The molecule has 0 saturated carbocycles. The summed E-state index contributed by atoms with van der Waals surface area (Å²) in [7, 11) is 1.83. The van der Waals surface area contributed by atoms with Crippen LogP contribution in [0.25, 0.3) is 0 Å². The Kier molecular flexibility index (Phi) is 2.03. The van der Waals surface area contributed by atoms with Crippen molar-refractivity contribution in [3.8, 4) is 0 Å². The van der Waals surface area contributed by atoms with Crippen LogP contribution in [0, 0.1) is 0 Å². The van der Waals surface area contributed by atoms with E-state index in [0.29, 0.717) is 13.0 Å². The van der Waals surface area contributed by atoms with Crippen molar-refractivity contribution in [3.63, 3.8) is 0 Å². The van der Waals surface area contributed by atoms with Crippen LogP contribution in [-0.2, 0) is 0 Å². The molecular weight excluding hydrogens is 121 g/mol. The van der Waals surface area contributed by atoms with E-state index >= 15 is 0 Å². The third kappa shape index (κ3) is 1.40. The molecule has 1 heterocycles. The molecule has 0 radical (unpaired) electrons. The summed E-state index contributed by atoms with van der Waals surface area (Å²) >= 11 is 0. The fourth-order valence-corrected chi connectivity index (χ4v) is 1.23. The second-order valence-electron chi connectivity index (χ2n) is 2.61. The van der Waals surface area contributed by atoms with E-state index in [0.717, 1.165) is 0 Å². The smallest absolute Gasteiger partial charge is 0.114 e. The molecule has 1 unspecified atom stereocenters. The zero-order chi connectivity index (χ0) is 6.85. The van der Waals surface area contributed by atoms with Crippen LogP contribution in [0.5, 0.6) is 0 Å². The molecule has 0 aromatic rings. The van der Waals surface area contributed by atoms with Gasteiger partial charge in [0.25, 0.3) is 0 Å². The van der Waals surface area contributed by atoms with Crippen LogP contribution in [0.1, 0.15) is 6.42 Å². The zero-order valence-electron chi connectivity index (χ0n) is 5.55. The van der Waals surface area contributed by atoms with Gasteiger partial charge in [-0.3, -0.25) is 4.90 Å². The van der Waals surface area contributed by atoms with Gasteiger partial charge in [-0.25, -0.2) is 4.39 Å². The number of hydrogen-bond donors (Lipinski definition) is 1. The standard InChI is InChI=1S/C6H12FNO/c1-8-3-5(7)2-6(8)4-9/h5-6,9H,2-4H2,1H3/t5-,6?/m0/s1. The summed E-state index contributed by atoms with van der Waals surface area (Å²) in [6, 6.07) is 0.0556. The summed E-state index contributed by atoms with van der Waals surface area (Å²) in [5, 5.41) is 8.65. The van der Waals surface area contributed by atoms with Crippen molar-refractivity contribution in [1.82, 2.24) is 4.90 Å². The summed E-state index contributed by atoms with van der Waals surface area (Å²) in [6.45, 7) is 0.558. The number of aliphatic hydroxyl groups excluding tert-OH is 1. The Labute approximate surface area is 54.3 Å². The lowest BCUT2D eigenvalue weighted by atomic mass is 10.2. The molecule has 1 rings (SSSR count). The van der Waals surface area contributed by atoms with E-state index in [-0.39, 0.29) is 12.6 Å². The van der Waals surface area contributed by atoms with Crippen molar-refractivity contribution in [2.45, 2.75) is 18.6 Å². The van der Waals surface area contributed by atoms with Gasteiger partial charge in [0.2, 0.25) is 0 Å². The molecule has 1 aliphatic heterocycles. The summed E-state index contributed by atoms with van der Waals surface area (Å²) < 4.78 is 12.5. The van der Waals surface area contributed by atoms with Crippen LogP contribution in [0.15, 0.2) is 0 Å². The highest BCUT2D eigenvalue weighted by atomic mass is 19.1. The fraction of sp³-hybridized carbons (Fsp3) is 1.00. The summed E-state index contributed by atoms with van der Waals surface area (Å²) in [5.41, 5.74) is 0. The number of hydrogen-bond acceptors (Lipinski definition) is 2. The summed E-state index contributed by atoms with van der Waals surface area (Å²) in [4.78, 5) is 1.85. The van der Waals surface area contributed by atoms with Crippen LogP contribution in [0.2, 0.25) is 0 Å². The molecule has 54 valence electrons. The molecule has 1 saturated heterocycles. The monoisotopic (exact) mass is 133 g/mol. The van der Waals surface area contributed by atoms with Gasteiger partial charge in [0.15, 0.2) is 0 Å². The number of likely N-dealkylation sites (N-methyl/N-ethyl adjacent to an activating group) is 1. The Morgan fingerprint density at radius 3 is 2.67 bits per heavy atom. The van der Waals surface area contributed by atoms with Gasteiger partial charge in [-0.2, -0.15) is 0 Å². The molecule has 0 amide bonds. The molecule has 0 aliphatic carbocycles. The van der Waals surface area contributed by atoms with Gasteiger partial charge in [-0.1, -0.05) is 0 Å². The average Bonchev–Trinajstić information content (AvgIpc) is 2.10. The van der Waals surface area contributed by atoms with Gasteiger partial charge in [-0.15, -0.1) is 0 Å². The van der Waals surface area contributed by atoms with E-state index in [1.807, 2.05) is 11.9 Å². The van der Waals surface area contributed by atoms with E-state index in [1.165, 1.54) is 0 Å². The number of rotatable bonds is 1. The first kappa shape index (κ1) is 6.96. The van der Waals surface area contributed by atoms with E-state index in [9.17, 15) is 4.39 Å². The highest BCUT2D eigenvalue weighted by Gasteiger charge is 2.28. The molecule has 0 aromatic carbocycles. The quantitative estimate of drug-likeness (QED) is 0.545. The lowest BCUT2D eigenvalue weighted by molar-refractivity contribution is 0.182. The second kappa shape index (κ2) is 2.62. The SMILES string of the molecule is CN1C[C@@H](F)CC1CO. The average molecular weight is 133 g/mol. The van der Waals surface area contributed by atoms with Gasteiger partial charge < -0.3 is 5.11 Å². The lowest BCUT2D eigenvalue weighted by Gasteiger charge is -2.14. The predicted molar refractivity (Wildman–Crippen MR) is 33.0 cm³/mol. The molecule has 1 fully saturated rings. The highest BCUT2D eigenvalue weighted by molar-refractivity contribution is 4.81. The second-order valence-corrected chi connectivity index (χ2v) is 2.61. The van der Waals surface area contributed by atoms with Gasteiger partial charge in [0, 0.05) is 12.6 Å². The molecule has 2 atom stereocenters. The van der Waals surface area contributed by atoms with Crippen LogP contribution < -0.4 is 0 Å². The largest absolute Gasteiger partial charge is 0.395 e. The maximum atomic E-state index is 12.5. The molecule has 0 aromatic heterocycles. The third-order valence-electron chi connectivity index (χ3n) is 1.85. The van der Waals surface area contributed by atoms with Crippen molar-refractivity contribution in [2.24, 2.45) is 0 Å². The minimum Gasteiger partial charge on any atom is -0.395 e. The van der Waals surface area contributed by atoms with Gasteiger partial charge in [-0.05, 0) is 13.5 Å². The minimum atomic E-state index is -0.729. The molecule has 1 N–H and O–H groups in total. The first-order valence-corrected chi connectivity index (χ1v) is 3.19. The molecule has 2 nitrogen and oxygen atoms in total. The highest BCUT2D eigenvalue weighted by Crippen LogP contribution is 2.17. The van der Waals surface area contributed by atoms with Crippen molar-refractivity contribution in [2.75, 3.05) is 20.2 Å². The van der Waals surface area contributed by atoms with Crippen molar-refractivity contribution in [1.29, 1.82) is 0 Å². The third-order valence-corrected chi connectivity index (χ3v) is 1.85. The van der Waals surface area contributed by atoms with E-state index in [1.54, 1.807) is 0 Å². The van der Waals surface area contributed by atoms with Gasteiger partial charge in [0.05, 0.1) is 6.61 Å². The predicted octanol–water partition coefficient (Wildman–Crippen LogP) is 0.0209. The fourth-order valence-electron chi connectivity index (χ4n) is 1.23. The van der Waals surface area contributed by atoms with Crippen molar-refractivity contribution in [3.05, 3.63) is 0 Å². The maximum Gasteiger partial charge on any atom is 0.114 e. The minimum absolute atomic E-state index is 0.0556. The Hall–Kier alpha value is -0.150. The Morgan fingerprint density at radius 2 is 2.44 bits per heavy atom. The van der Waals surface area contributed by atoms with Crippen molar-refractivity contribution < 1.29 is 9.50 Å². The van der Waals surface area contributed by atoms with E-state index < -0.39 is 6.17 Å². The van der Waals surface area contributed by atoms with Gasteiger partial charge >= 0.3 is 0 Å². The summed E-state index contributed by atoms with van der Waals surface area (Å²) in [5.74, 6) is 0. The number of likely N-dealkylation sites (tertiary alicyclic amines) is 1. The van der Waals surface area contributed by atoms with Crippen LogP contribution >= 0.6 is 0 Å². The maximum absolute atomic E-state index is 12.5. The van der Waals surface area contributed by atoms with Crippen LogP contribution in [0.4, 0.5) is 4.39 Å². The normalized spacial score (nSPS) is 37.7.